The molecule has 0 aliphatic rings. The molecule has 21 heavy (non-hydrogen) atoms. The number of hydrogen-bond donors (Lipinski definition) is 1. The standard InChI is InChI=1S/C19H23NO/c1-13-5-9-18(10-6-13)16(4)20-19(21)12-17-8-7-14(2)15(3)11-17/h5-11,16H,12H2,1-4H3,(H,20,21). The fraction of sp³-hybridized carbons (Fsp3) is 0.316. The molecule has 2 aromatic carbocycles. The van der Waals surface area contributed by atoms with Crippen LogP contribution in [0.3, 0.4) is 0 Å². The SMILES string of the molecule is Cc1ccc(C(C)NC(=O)Cc2ccc(C)c(C)c2)cc1. The van der Waals surface area contributed by atoms with Crippen LogP contribution in [0.25, 0.3) is 0 Å². The zero-order chi connectivity index (χ0) is 15.4. The van der Waals surface area contributed by atoms with Crippen LogP contribution in [0, 0.1) is 20.8 Å². The molecule has 2 heteroatoms. The fourth-order valence-electron chi connectivity index (χ4n) is 2.33. The maximum absolute atomic E-state index is 12.1. The highest BCUT2D eigenvalue weighted by molar-refractivity contribution is 5.79. The average Bonchev–Trinajstić information content (AvgIpc) is 2.43. The van der Waals surface area contributed by atoms with Crippen LogP contribution >= 0.6 is 0 Å². The van der Waals surface area contributed by atoms with Crippen LogP contribution in [0.1, 0.15) is 40.8 Å². The third-order valence-corrected chi connectivity index (χ3v) is 3.89. The lowest BCUT2D eigenvalue weighted by molar-refractivity contribution is -0.121. The topological polar surface area (TPSA) is 29.1 Å². The van der Waals surface area contributed by atoms with E-state index in [1.54, 1.807) is 0 Å². The molecule has 110 valence electrons. The van der Waals surface area contributed by atoms with Crippen molar-refractivity contribution < 1.29 is 4.79 Å². The molecule has 0 radical (unpaired) electrons. The van der Waals surface area contributed by atoms with Gasteiger partial charge in [0.2, 0.25) is 5.91 Å². The zero-order valence-corrected chi connectivity index (χ0v) is 13.2. The monoisotopic (exact) mass is 281 g/mol. The third kappa shape index (κ3) is 4.19. The Morgan fingerprint density at radius 2 is 1.67 bits per heavy atom. The molecule has 0 bridgehead atoms. The van der Waals surface area contributed by atoms with E-state index in [0.717, 1.165) is 11.1 Å². The fourth-order valence-corrected chi connectivity index (χ4v) is 2.33. The van der Waals surface area contributed by atoms with E-state index in [0.29, 0.717) is 6.42 Å². The summed E-state index contributed by atoms with van der Waals surface area (Å²) in [7, 11) is 0. The minimum atomic E-state index is 0.0321. The van der Waals surface area contributed by atoms with Crippen LogP contribution in [0.15, 0.2) is 42.5 Å². The third-order valence-electron chi connectivity index (χ3n) is 3.89. The largest absolute Gasteiger partial charge is 0.349 e. The lowest BCUT2D eigenvalue weighted by Gasteiger charge is -2.15. The number of aryl methyl sites for hydroxylation is 3. The van der Waals surface area contributed by atoms with Gasteiger partial charge in [0.15, 0.2) is 0 Å². The first-order chi connectivity index (χ1) is 9.95. The maximum Gasteiger partial charge on any atom is 0.224 e. The van der Waals surface area contributed by atoms with Crippen LogP contribution in [0.5, 0.6) is 0 Å². The lowest BCUT2D eigenvalue weighted by atomic mass is 10.0. The van der Waals surface area contributed by atoms with Gasteiger partial charge in [0.1, 0.15) is 0 Å². The predicted octanol–water partition coefficient (Wildman–Crippen LogP) is 4.03. The Labute approximate surface area is 127 Å². The molecule has 1 N–H and O–H groups in total. The second-order valence-corrected chi connectivity index (χ2v) is 5.80. The highest BCUT2D eigenvalue weighted by Crippen LogP contribution is 2.14. The van der Waals surface area contributed by atoms with E-state index in [1.807, 2.05) is 13.0 Å². The Kier molecular flexibility index (Phi) is 4.79. The zero-order valence-electron chi connectivity index (χ0n) is 13.2. The molecular weight excluding hydrogens is 258 g/mol. The van der Waals surface area contributed by atoms with E-state index in [9.17, 15) is 4.79 Å². The number of carbonyl (C=O) groups is 1. The number of rotatable bonds is 4. The average molecular weight is 281 g/mol. The summed E-state index contributed by atoms with van der Waals surface area (Å²) in [6, 6.07) is 14.5. The normalized spacial score (nSPS) is 12.0. The summed E-state index contributed by atoms with van der Waals surface area (Å²) in [5.41, 5.74) is 5.91. The van der Waals surface area contributed by atoms with Crippen LogP contribution in [-0.2, 0) is 11.2 Å². The summed E-state index contributed by atoms with van der Waals surface area (Å²) in [6.45, 7) is 8.24. The summed E-state index contributed by atoms with van der Waals surface area (Å²) in [5.74, 6) is 0.0614. The van der Waals surface area contributed by atoms with Gasteiger partial charge in [-0.05, 0) is 49.9 Å². The van der Waals surface area contributed by atoms with Crippen molar-refractivity contribution >= 4 is 5.91 Å². The highest BCUT2D eigenvalue weighted by Gasteiger charge is 2.10. The predicted molar refractivity (Wildman–Crippen MR) is 87.4 cm³/mol. The molecule has 1 amide bonds. The molecule has 0 heterocycles. The van der Waals surface area contributed by atoms with E-state index >= 15 is 0 Å². The van der Waals surface area contributed by atoms with Gasteiger partial charge in [-0.15, -0.1) is 0 Å². The minimum Gasteiger partial charge on any atom is -0.349 e. The van der Waals surface area contributed by atoms with Gasteiger partial charge < -0.3 is 5.32 Å². The van der Waals surface area contributed by atoms with Crippen molar-refractivity contribution in [2.75, 3.05) is 0 Å². The van der Waals surface area contributed by atoms with E-state index in [1.165, 1.54) is 16.7 Å². The number of hydrogen-bond acceptors (Lipinski definition) is 1. The molecule has 1 atom stereocenters. The molecule has 2 nitrogen and oxygen atoms in total. The van der Waals surface area contributed by atoms with Gasteiger partial charge in [-0.2, -0.15) is 0 Å². The molecular formula is C19H23NO. The van der Waals surface area contributed by atoms with Crippen molar-refractivity contribution in [2.24, 2.45) is 0 Å². The molecule has 0 fully saturated rings. The Bertz CT molecular complexity index is 629. The Morgan fingerprint density at radius 3 is 2.29 bits per heavy atom. The van der Waals surface area contributed by atoms with Gasteiger partial charge in [-0.25, -0.2) is 0 Å². The van der Waals surface area contributed by atoms with Crippen molar-refractivity contribution in [3.05, 3.63) is 70.3 Å². The summed E-state index contributed by atoms with van der Waals surface area (Å²) < 4.78 is 0. The van der Waals surface area contributed by atoms with E-state index in [4.69, 9.17) is 0 Å². The maximum atomic E-state index is 12.1. The van der Waals surface area contributed by atoms with Gasteiger partial charge >= 0.3 is 0 Å². The first kappa shape index (κ1) is 15.3. The summed E-state index contributed by atoms with van der Waals surface area (Å²) in [4.78, 5) is 12.1. The van der Waals surface area contributed by atoms with Crippen molar-refractivity contribution in [2.45, 2.75) is 40.2 Å². The number of amides is 1. The molecule has 2 rings (SSSR count). The van der Waals surface area contributed by atoms with Gasteiger partial charge in [0, 0.05) is 0 Å². The van der Waals surface area contributed by atoms with Crippen molar-refractivity contribution in [3.63, 3.8) is 0 Å². The molecule has 0 saturated heterocycles. The lowest BCUT2D eigenvalue weighted by Crippen LogP contribution is -2.28. The van der Waals surface area contributed by atoms with Gasteiger partial charge in [0.05, 0.1) is 12.5 Å². The summed E-state index contributed by atoms with van der Waals surface area (Å²) in [6.07, 6.45) is 0.428. The van der Waals surface area contributed by atoms with Gasteiger partial charge in [0.25, 0.3) is 0 Å². The first-order valence-corrected chi connectivity index (χ1v) is 7.38. The van der Waals surface area contributed by atoms with Crippen LogP contribution in [-0.4, -0.2) is 5.91 Å². The summed E-state index contributed by atoms with van der Waals surface area (Å²) >= 11 is 0. The molecule has 2 aromatic rings. The van der Waals surface area contributed by atoms with E-state index < -0.39 is 0 Å². The van der Waals surface area contributed by atoms with Gasteiger partial charge in [-0.1, -0.05) is 48.0 Å². The van der Waals surface area contributed by atoms with Crippen molar-refractivity contribution in [1.29, 1.82) is 0 Å². The van der Waals surface area contributed by atoms with Crippen molar-refractivity contribution in [1.82, 2.24) is 5.32 Å². The van der Waals surface area contributed by atoms with Crippen LogP contribution < -0.4 is 5.32 Å². The Hall–Kier alpha value is -2.09. The van der Waals surface area contributed by atoms with Gasteiger partial charge in [-0.3, -0.25) is 4.79 Å². The Morgan fingerprint density at radius 1 is 1.00 bits per heavy atom. The second kappa shape index (κ2) is 6.57. The molecule has 0 saturated carbocycles. The molecule has 0 aliphatic carbocycles. The number of benzene rings is 2. The minimum absolute atomic E-state index is 0.0321. The molecule has 1 unspecified atom stereocenters. The first-order valence-electron chi connectivity index (χ1n) is 7.38. The van der Waals surface area contributed by atoms with Crippen LogP contribution in [0.4, 0.5) is 0 Å². The van der Waals surface area contributed by atoms with E-state index in [2.05, 4.69) is 62.5 Å². The molecule has 0 spiro atoms. The quantitative estimate of drug-likeness (QED) is 0.900. The molecule has 0 aliphatic heterocycles. The smallest absolute Gasteiger partial charge is 0.224 e. The number of carbonyl (C=O) groups excluding carboxylic acids is 1. The second-order valence-electron chi connectivity index (χ2n) is 5.80. The highest BCUT2D eigenvalue weighted by atomic mass is 16.1. The molecule has 0 aromatic heterocycles. The Balaban J connectivity index is 1.97. The number of nitrogens with one attached hydrogen (secondary N) is 1. The van der Waals surface area contributed by atoms with Crippen LogP contribution in [0.2, 0.25) is 0 Å². The summed E-state index contributed by atoms with van der Waals surface area (Å²) in [5, 5.41) is 3.06. The van der Waals surface area contributed by atoms with Crippen molar-refractivity contribution in [3.8, 4) is 0 Å². The van der Waals surface area contributed by atoms with E-state index in [-0.39, 0.29) is 11.9 Å².